The predicted octanol–water partition coefficient (Wildman–Crippen LogP) is 3.64. The minimum absolute atomic E-state index is 0.0607. The SMILES string of the molecule is CN(C)CC(=O)Nc1cccc(CNC(=O)C(c2ccccc2)c2ccccc2)c1. The molecule has 3 rings (SSSR count). The summed E-state index contributed by atoms with van der Waals surface area (Å²) in [5, 5.41) is 5.93. The zero-order chi connectivity index (χ0) is 21.3. The summed E-state index contributed by atoms with van der Waals surface area (Å²) < 4.78 is 0. The number of benzene rings is 3. The number of likely N-dealkylation sites (N-methyl/N-ethyl adjacent to an activating group) is 1. The van der Waals surface area contributed by atoms with Crippen molar-refractivity contribution >= 4 is 17.5 Å². The predicted molar refractivity (Wildman–Crippen MR) is 120 cm³/mol. The Labute approximate surface area is 177 Å². The molecule has 0 aliphatic rings. The van der Waals surface area contributed by atoms with Crippen LogP contribution in [0.4, 0.5) is 5.69 Å². The molecule has 154 valence electrons. The first-order valence-electron chi connectivity index (χ1n) is 9.94. The zero-order valence-corrected chi connectivity index (χ0v) is 17.3. The van der Waals surface area contributed by atoms with Gasteiger partial charge in [-0.1, -0.05) is 72.8 Å². The Morgan fingerprint density at radius 2 is 1.43 bits per heavy atom. The Morgan fingerprint density at radius 3 is 2.00 bits per heavy atom. The van der Waals surface area contributed by atoms with Gasteiger partial charge in [-0.3, -0.25) is 9.59 Å². The molecule has 30 heavy (non-hydrogen) atoms. The van der Waals surface area contributed by atoms with Gasteiger partial charge in [0.1, 0.15) is 0 Å². The van der Waals surface area contributed by atoms with Crippen molar-refractivity contribution in [3.05, 3.63) is 102 Å². The van der Waals surface area contributed by atoms with E-state index in [1.807, 2.05) is 104 Å². The van der Waals surface area contributed by atoms with Gasteiger partial charge >= 0.3 is 0 Å². The van der Waals surface area contributed by atoms with Gasteiger partial charge in [0.15, 0.2) is 0 Å². The minimum atomic E-state index is -0.379. The summed E-state index contributed by atoms with van der Waals surface area (Å²) in [7, 11) is 3.70. The van der Waals surface area contributed by atoms with Gasteiger partial charge in [0, 0.05) is 12.2 Å². The maximum atomic E-state index is 13.1. The van der Waals surface area contributed by atoms with E-state index < -0.39 is 0 Å². The lowest BCUT2D eigenvalue weighted by Crippen LogP contribution is -2.30. The molecule has 5 heteroatoms. The maximum absolute atomic E-state index is 13.1. The molecule has 2 amide bonds. The van der Waals surface area contributed by atoms with E-state index in [1.54, 1.807) is 0 Å². The summed E-state index contributed by atoms with van der Waals surface area (Å²) in [6.07, 6.45) is 0. The van der Waals surface area contributed by atoms with Gasteiger partial charge in [-0.2, -0.15) is 0 Å². The number of amides is 2. The topological polar surface area (TPSA) is 61.4 Å². The van der Waals surface area contributed by atoms with Crippen molar-refractivity contribution in [2.75, 3.05) is 26.0 Å². The van der Waals surface area contributed by atoms with Gasteiger partial charge in [0.2, 0.25) is 11.8 Å². The highest BCUT2D eigenvalue weighted by atomic mass is 16.2. The first-order chi connectivity index (χ1) is 14.5. The Kier molecular flexibility index (Phi) is 7.35. The van der Waals surface area contributed by atoms with Crippen molar-refractivity contribution in [2.45, 2.75) is 12.5 Å². The van der Waals surface area contributed by atoms with Crippen LogP contribution < -0.4 is 10.6 Å². The first kappa shape index (κ1) is 21.3. The molecule has 3 aromatic carbocycles. The van der Waals surface area contributed by atoms with Gasteiger partial charge in [-0.25, -0.2) is 0 Å². The molecule has 0 radical (unpaired) electrons. The van der Waals surface area contributed by atoms with Crippen LogP contribution in [0.1, 0.15) is 22.6 Å². The van der Waals surface area contributed by atoms with Crippen LogP contribution in [-0.4, -0.2) is 37.4 Å². The molecule has 0 spiro atoms. The van der Waals surface area contributed by atoms with Crippen molar-refractivity contribution in [2.24, 2.45) is 0 Å². The van der Waals surface area contributed by atoms with Gasteiger partial charge in [0.05, 0.1) is 12.5 Å². The molecule has 0 atom stereocenters. The Morgan fingerprint density at radius 1 is 0.833 bits per heavy atom. The average Bonchev–Trinajstić information content (AvgIpc) is 2.74. The maximum Gasteiger partial charge on any atom is 0.238 e. The van der Waals surface area contributed by atoms with Crippen LogP contribution in [0.25, 0.3) is 0 Å². The Bertz CT molecular complexity index is 932. The third-order valence-electron chi connectivity index (χ3n) is 4.67. The molecule has 2 N–H and O–H groups in total. The highest BCUT2D eigenvalue weighted by molar-refractivity contribution is 5.92. The molecule has 0 saturated heterocycles. The third kappa shape index (κ3) is 6.03. The fourth-order valence-electron chi connectivity index (χ4n) is 3.32. The standard InChI is InChI=1S/C25H27N3O2/c1-28(2)18-23(29)27-22-15-9-10-19(16-22)17-26-25(30)24(20-11-5-3-6-12-20)21-13-7-4-8-14-21/h3-16,24H,17-18H2,1-2H3,(H,26,30)(H,27,29). The summed E-state index contributed by atoms with van der Waals surface area (Å²) >= 11 is 0. The second-order valence-corrected chi connectivity index (χ2v) is 7.46. The average molecular weight is 402 g/mol. The molecule has 0 aromatic heterocycles. The van der Waals surface area contributed by atoms with Gasteiger partial charge in [0.25, 0.3) is 0 Å². The fraction of sp³-hybridized carbons (Fsp3) is 0.200. The normalized spacial score (nSPS) is 10.8. The third-order valence-corrected chi connectivity index (χ3v) is 4.67. The second kappa shape index (κ2) is 10.4. The van der Waals surface area contributed by atoms with E-state index in [1.165, 1.54) is 0 Å². The van der Waals surface area contributed by atoms with Crippen LogP contribution >= 0.6 is 0 Å². The molecular formula is C25H27N3O2. The summed E-state index contributed by atoms with van der Waals surface area (Å²) in [4.78, 5) is 26.9. The fourth-order valence-corrected chi connectivity index (χ4v) is 3.32. The second-order valence-electron chi connectivity index (χ2n) is 7.46. The summed E-state index contributed by atoms with van der Waals surface area (Å²) in [5.41, 5.74) is 3.54. The molecular weight excluding hydrogens is 374 g/mol. The smallest absolute Gasteiger partial charge is 0.238 e. The summed E-state index contributed by atoms with van der Waals surface area (Å²) in [5.74, 6) is -0.515. The van der Waals surface area contributed by atoms with Crippen molar-refractivity contribution < 1.29 is 9.59 Å². The Balaban J connectivity index is 1.70. The minimum Gasteiger partial charge on any atom is -0.351 e. The molecule has 0 aliphatic carbocycles. The summed E-state index contributed by atoms with van der Waals surface area (Å²) in [6.45, 7) is 0.698. The van der Waals surface area contributed by atoms with Crippen LogP contribution in [0.2, 0.25) is 0 Å². The number of carbonyl (C=O) groups excluding carboxylic acids is 2. The van der Waals surface area contributed by atoms with E-state index in [-0.39, 0.29) is 17.7 Å². The van der Waals surface area contributed by atoms with Crippen LogP contribution in [0.15, 0.2) is 84.9 Å². The molecule has 0 saturated carbocycles. The summed E-state index contributed by atoms with van der Waals surface area (Å²) in [6, 6.07) is 27.1. The number of hydrogen-bond acceptors (Lipinski definition) is 3. The largest absolute Gasteiger partial charge is 0.351 e. The molecule has 0 bridgehead atoms. The van der Waals surface area contributed by atoms with Crippen LogP contribution in [-0.2, 0) is 16.1 Å². The quantitative estimate of drug-likeness (QED) is 0.606. The first-order valence-corrected chi connectivity index (χ1v) is 9.94. The monoisotopic (exact) mass is 401 g/mol. The molecule has 0 aliphatic heterocycles. The Hall–Kier alpha value is -3.44. The molecule has 0 heterocycles. The molecule has 0 unspecified atom stereocenters. The number of nitrogens with one attached hydrogen (secondary N) is 2. The van der Waals surface area contributed by atoms with Gasteiger partial charge in [-0.05, 0) is 42.9 Å². The number of anilines is 1. The molecule has 0 fully saturated rings. The van der Waals surface area contributed by atoms with E-state index in [0.717, 1.165) is 22.4 Å². The molecule has 5 nitrogen and oxygen atoms in total. The number of carbonyl (C=O) groups is 2. The van der Waals surface area contributed by atoms with E-state index in [9.17, 15) is 9.59 Å². The van der Waals surface area contributed by atoms with Crippen LogP contribution in [0.5, 0.6) is 0 Å². The zero-order valence-electron chi connectivity index (χ0n) is 17.3. The number of rotatable bonds is 8. The van der Waals surface area contributed by atoms with Gasteiger partial charge < -0.3 is 15.5 Å². The van der Waals surface area contributed by atoms with Crippen LogP contribution in [0.3, 0.4) is 0 Å². The van der Waals surface area contributed by atoms with Crippen molar-refractivity contribution in [3.8, 4) is 0 Å². The van der Waals surface area contributed by atoms with Crippen molar-refractivity contribution in [3.63, 3.8) is 0 Å². The van der Waals surface area contributed by atoms with E-state index in [0.29, 0.717) is 13.1 Å². The van der Waals surface area contributed by atoms with Crippen LogP contribution in [0, 0.1) is 0 Å². The van der Waals surface area contributed by atoms with Gasteiger partial charge in [-0.15, -0.1) is 0 Å². The highest BCUT2D eigenvalue weighted by Crippen LogP contribution is 2.25. The van der Waals surface area contributed by atoms with Crippen molar-refractivity contribution in [1.82, 2.24) is 10.2 Å². The van der Waals surface area contributed by atoms with E-state index in [2.05, 4.69) is 10.6 Å². The molecule has 3 aromatic rings. The van der Waals surface area contributed by atoms with E-state index in [4.69, 9.17) is 0 Å². The van der Waals surface area contributed by atoms with Crippen molar-refractivity contribution in [1.29, 1.82) is 0 Å². The van der Waals surface area contributed by atoms with E-state index >= 15 is 0 Å². The highest BCUT2D eigenvalue weighted by Gasteiger charge is 2.22. The number of nitrogens with zero attached hydrogens (tertiary/aromatic N) is 1. The number of hydrogen-bond donors (Lipinski definition) is 2. The lowest BCUT2D eigenvalue weighted by molar-refractivity contribution is -0.122. The lowest BCUT2D eigenvalue weighted by atomic mass is 9.90. The lowest BCUT2D eigenvalue weighted by Gasteiger charge is -2.18.